The Morgan fingerprint density at radius 3 is 2.72 bits per heavy atom. The van der Waals surface area contributed by atoms with Gasteiger partial charge >= 0.3 is 0 Å². The number of rotatable bonds is 2. The highest BCUT2D eigenvalue weighted by Gasteiger charge is 2.62. The first-order chi connectivity index (χ1) is 11.8. The molecule has 0 spiro atoms. The van der Waals surface area contributed by atoms with Crippen LogP contribution in [0.2, 0.25) is 0 Å². The van der Waals surface area contributed by atoms with Gasteiger partial charge in [0.15, 0.2) is 11.6 Å². The van der Waals surface area contributed by atoms with Gasteiger partial charge in [-0.3, -0.25) is 9.59 Å². The maximum atomic E-state index is 12.3. The molecule has 138 valence electrons. The zero-order chi connectivity index (χ0) is 18.0. The Morgan fingerprint density at radius 2 is 2.00 bits per heavy atom. The summed E-state index contributed by atoms with van der Waals surface area (Å²) in [6.07, 6.45) is 7.32. The van der Waals surface area contributed by atoms with Crippen LogP contribution in [0.1, 0.15) is 58.8 Å². The molecule has 7 atom stereocenters. The topological polar surface area (TPSA) is 74.6 Å². The summed E-state index contributed by atoms with van der Waals surface area (Å²) in [5, 5.41) is 20.5. The summed E-state index contributed by atoms with van der Waals surface area (Å²) in [6.45, 7) is 4.03. The van der Waals surface area contributed by atoms with E-state index >= 15 is 0 Å². The van der Waals surface area contributed by atoms with E-state index in [0.717, 1.165) is 32.1 Å². The van der Waals surface area contributed by atoms with Gasteiger partial charge in [-0.15, -0.1) is 0 Å². The van der Waals surface area contributed by atoms with Crippen LogP contribution >= 0.6 is 0 Å². The fourth-order valence-corrected chi connectivity index (χ4v) is 7.33. The third-order valence-corrected chi connectivity index (χ3v) is 8.44. The van der Waals surface area contributed by atoms with Gasteiger partial charge in [0.25, 0.3) is 0 Å². The number of hydrogen-bond acceptors (Lipinski definition) is 4. The molecular weight excluding hydrogens is 316 g/mol. The van der Waals surface area contributed by atoms with Crippen molar-refractivity contribution in [2.45, 2.75) is 64.9 Å². The Morgan fingerprint density at radius 1 is 1.24 bits per heavy atom. The molecule has 4 nitrogen and oxygen atoms in total. The van der Waals surface area contributed by atoms with Gasteiger partial charge in [-0.2, -0.15) is 0 Å². The normalized spacial score (nSPS) is 49.0. The number of fused-ring (bicyclic) bond motifs is 5. The van der Waals surface area contributed by atoms with Crippen LogP contribution in [0.25, 0.3) is 0 Å². The van der Waals surface area contributed by atoms with Crippen molar-refractivity contribution < 1.29 is 19.8 Å². The molecule has 3 saturated carbocycles. The van der Waals surface area contributed by atoms with Gasteiger partial charge in [0, 0.05) is 12.3 Å². The average molecular weight is 346 g/mol. The van der Waals surface area contributed by atoms with Crippen molar-refractivity contribution in [1.82, 2.24) is 0 Å². The van der Waals surface area contributed by atoms with E-state index in [2.05, 4.69) is 13.8 Å². The van der Waals surface area contributed by atoms with E-state index in [0.29, 0.717) is 24.7 Å². The highest BCUT2D eigenvalue weighted by Crippen LogP contribution is 2.66. The molecule has 4 aliphatic rings. The fraction of sp³-hybridized carbons (Fsp3) is 0.810. The lowest BCUT2D eigenvalue weighted by molar-refractivity contribution is -0.146. The Hall–Kier alpha value is -1.00. The van der Waals surface area contributed by atoms with E-state index in [9.17, 15) is 19.8 Å². The fourth-order valence-electron chi connectivity index (χ4n) is 7.33. The minimum Gasteiger partial charge on any atom is -0.393 e. The minimum atomic E-state index is -0.430. The lowest BCUT2D eigenvalue weighted by Crippen LogP contribution is -2.57. The molecule has 0 aromatic heterocycles. The SMILES string of the molecule is CC12CCC(=O)C=C1CCC1C2C(O)CC2(C)C1CC[C@@H]2C(=O)CO. The van der Waals surface area contributed by atoms with Gasteiger partial charge in [-0.25, -0.2) is 0 Å². The van der Waals surface area contributed by atoms with Crippen molar-refractivity contribution in [1.29, 1.82) is 0 Å². The molecule has 0 aromatic rings. The van der Waals surface area contributed by atoms with E-state index in [-0.39, 0.29) is 40.8 Å². The van der Waals surface area contributed by atoms with E-state index in [1.807, 2.05) is 6.08 Å². The second-order valence-corrected chi connectivity index (χ2v) is 9.42. The van der Waals surface area contributed by atoms with E-state index in [4.69, 9.17) is 0 Å². The van der Waals surface area contributed by atoms with Gasteiger partial charge in [0.1, 0.15) is 6.61 Å². The summed E-state index contributed by atoms with van der Waals surface area (Å²) in [5.74, 6) is 1.12. The quantitative estimate of drug-likeness (QED) is 0.806. The first kappa shape index (κ1) is 17.4. The molecule has 0 amide bonds. The van der Waals surface area contributed by atoms with Gasteiger partial charge in [-0.1, -0.05) is 19.4 Å². The van der Waals surface area contributed by atoms with Crippen LogP contribution in [0.5, 0.6) is 0 Å². The maximum Gasteiger partial charge on any atom is 0.161 e. The molecule has 3 fully saturated rings. The standard InChI is InChI=1S/C21H30O4/c1-20-8-7-13(23)9-12(20)3-4-14-15-5-6-16(18(25)11-22)21(15,2)10-17(24)19(14)20/h9,14-17,19,22,24H,3-8,10-11H2,1-2H3/t14?,15?,16-,17?,19?,20?,21?/m1/s1. The van der Waals surface area contributed by atoms with E-state index < -0.39 is 6.10 Å². The summed E-state index contributed by atoms with van der Waals surface area (Å²) in [4.78, 5) is 24.2. The van der Waals surface area contributed by atoms with Crippen LogP contribution in [-0.4, -0.2) is 34.5 Å². The molecule has 0 bridgehead atoms. The first-order valence-corrected chi connectivity index (χ1v) is 9.87. The highest BCUT2D eigenvalue weighted by atomic mass is 16.3. The molecule has 4 aliphatic carbocycles. The Kier molecular flexibility index (Phi) is 4.01. The van der Waals surface area contributed by atoms with Crippen LogP contribution < -0.4 is 0 Å². The number of allylic oxidation sites excluding steroid dienone is 1. The monoisotopic (exact) mass is 346 g/mol. The van der Waals surface area contributed by atoms with Crippen LogP contribution in [0.4, 0.5) is 0 Å². The number of aliphatic hydroxyl groups excluding tert-OH is 2. The number of ketones is 2. The predicted octanol–water partition coefficient (Wildman–Crippen LogP) is 2.67. The second-order valence-electron chi connectivity index (χ2n) is 9.42. The molecule has 2 N–H and O–H groups in total. The molecular formula is C21H30O4. The first-order valence-electron chi connectivity index (χ1n) is 9.87. The number of carbonyl (C=O) groups excluding carboxylic acids is 2. The molecule has 0 aliphatic heterocycles. The highest BCUT2D eigenvalue weighted by molar-refractivity contribution is 5.91. The predicted molar refractivity (Wildman–Crippen MR) is 93.7 cm³/mol. The van der Waals surface area contributed by atoms with E-state index in [1.54, 1.807) is 0 Å². The lowest BCUT2D eigenvalue weighted by atomic mass is 9.46. The Bertz CT molecular complexity index is 638. The molecule has 0 saturated heterocycles. The summed E-state index contributed by atoms with van der Waals surface area (Å²) in [6, 6.07) is 0. The molecule has 4 rings (SSSR count). The maximum absolute atomic E-state index is 12.3. The molecule has 6 unspecified atom stereocenters. The molecule has 0 aromatic carbocycles. The molecule has 0 heterocycles. The summed E-state index contributed by atoms with van der Waals surface area (Å²) in [7, 11) is 0. The van der Waals surface area contributed by atoms with Crippen LogP contribution in [0.15, 0.2) is 11.6 Å². The summed E-state index contributed by atoms with van der Waals surface area (Å²) < 4.78 is 0. The summed E-state index contributed by atoms with van der Waals surface area (Å²) in [5.41, 5.74) is 0.979. The molecule has 0 radical (unpaired) electrons. The molecule has 25 heavy (non-hydrogen) atoms. The van der Waals surface area contributed by atoms with Crippen LogP contribution in [-0.2, 0) is 9.59 Å². The Labute approximate surface area is 149 Å². The van der Waals surface area contributed by atoms with Crippen LogP contribution in [0, 0.1) is 34.5 Å². The van der Waals surface area contributed by atoms with Crippen molar-refractivity contribution in [3.8, 4) is 0 Å². The van der Waals surface area contributed by atoms with E-state index in [1.165, 1.54) is 5.57 Å². The van der Waals surface area contributed by atoms with Crippen molar-refractivity contribution in [2.75, 3.05) is 6.61 Å². The van der Waals surface area contributed by atoms with Gasteiger partial charge in [-0.05, 0) is 73.2 Å². The largest absolute Gasteiger partial charge is 0.393 e. The van der Waals surface area contributed by atoms with Crippen LogP contribution in [0.3, 0.4) is 0 Å². The number of carbonyl (C=O) groups is 2. The van der Waals surface area contributed by atoms with Crippen molar-refractivity contribution >= 4 is 11.6 Å². The third-order valence-electron chi connectivity index (χ3n) is 8.44. The summed E-state index contributed by atoms with van der Waals surface area (Å²) >= 11 is 0. The van der Waals surface area contributed by atoms with Gasteiger partial charge in [0.2, 0.25) is 0 Å². The average Bonchev–Trinajstić information content (AvgIpc) is 2.91. The van der Waals surface area contributed by atoms with Gasteiger partial charge < -0.3 is 10.2 Å². The third kappa shape index (κ3) is 2.33. The van der Waals surface area contributed by atoms with Gasteiger partial charge in [0.05, 0.1) is 6.10 Å². The minimum absolute atomic E-state index is 0.0541. The second kappa shape index (κ2) is 5.75. The number of hydrogen-bond donors (Lipinski definition) is 2. The van der Waals surface area contributed by atoms with Crippen molar-refractivity contribution in [3.63, 3.8) is 0 Å². The lowest BCUT2D eigenvalue weighted by Gasteiger charge is -2.59. The molecule has 4 heteroatoms. The zero-order valence-corrected chi connectivity index (χ0v) is 15.3. The Balaban J connectivity index is 1.70. The van der Waals surface area contributed by atoms with Crippen molar-refractivity contribution in [3.05, 3.63) is 11.6 Å². The number of aliphatic hydroxyl groups is 2. The van der Waals surface area contributed by atoms with Crippen molar-refractivity contribution in [2.24, 2.45) is 34.5 Å². The number of Topliss-reactive ketones (excluding diaryl/α,β-unsaturated/α-hetero) is 1. The smallest absolute Gasteiger partial charge is 0.161 e. The zero-order valence-electron chi connectivity index (χ0n) is 15.3.